The molecule has 1 N–H and O–H groups in total. The smallest absolute Gasteiger partial charge is 0.0797 e. The van der Waals surface area contributed by atoms with E-state index in [1.165, 1.54) is 4.88 Å². The van der Waals surface area contributed by atoms with Gasteiger partial charge in [-0.1, -0.05) is 6.92 Å². The third kappa shape index (κ3) is 4.86. The van der Waals surface area contributed by atoms with Gasteiger partial charge < -0.3 is 5.32 Å². The second-order valence-electron chi connectivity index (χ2n) is 3.29. The first-order valence-electron chi connectivity index (χ1n) is 5.18. The minimum atomic E-state index is -0.644. The fraction of sp³-hybridized carbons (Fsp3) is 0.700. The van der Waals surface area contributed by atoms with Crippen molar-refractivity contribution in [3.05, 3.63) is 16.1 Å². The topological polar surface area (TPSA) is 42.0 Å². The molecule has 1 aromatic heterocycles. The maximum atomic E-state index is 11.1. The second-order valence-corrected chi connectivity index (χ2v) is 6.10. The average molecular weight is 246 g/mol. The van der Waals surface area contributed by atoms with Gasteiger partial charge in [0.15, 0.2) is 0 Å². The van der Waals surface area contributed by atoms with Gasteiger partial charge in [0.1, 0.15) is 0 Å². The molecule has 3 nitrogen and oxygen atoms in total. The first-order valence-corrected chi connectivity index (χ1v) is 7.55. The molecule has 1 aromatic rings. The van der Waals surface area contributed by atoms with Gasteiger partial charge in [0.2, 0.25) is 0 Å². The Morgan fingerprint density at radius 2 is 2.33 bits per heavy atom. The van der Waals surface area contributed by atoms with Crippen LogP contribution < -0.4 is 5.32 Å². The summed E-state index contributed by atoms with van der Waals surface area (Å²) in [6.07, 6.45) is 1.02. The maximum absolute atomic E-state index is 11.1. The van der Waals surface area contributed by atoms with Gasteiger partial charge in [0.25, 0.3) is 0 Å². The Balaban J connectivity index is 2.07. The zero-order chi connectivity index (χ0) is 11.1. The fourth-order valence-corrected chi connectivity index (χ4v) is 2.67. The zero-order valence-electron chi connectivity index (χ0n) is 9.28. The molecule has 86 valence electrons. The SMILES string of the molecule is CCS(=O)CCNCCc1scnc1C. The van der Waals surface area contributed by atoms with E-state index in [-0.39, 0.29) is 0 Å². The molecule has 1 atom stereocenters. The third-order valence-corrected chi connectivity index (χ3v) is 4.50. The van der Waals surface area contributed by atoms with E-state index in [4.69, 9.17) is 0 Å². The van der Waals surface area contributed by atoms with Crippen LogP contribution in [0.3, 0.4) is 0 Å². The molecule has 0 saturated carbocycles. The average Bonchev–Trinajstić information content (AvgIpc) is 2.63. The Morgan fingerprint density at radius 1 is 1.53 bits per heavy atom. The largest absolute Gasteiger partial charge is 0.315 e. The monoisotopic (exact) mass is 246 g/mol. The molecular formula is C10H18N2OS2. The van der Waals surface area contributed by atoms with E-state index in [2.05, 4.69) is 10.3 Å². The van der Waals surface area contributed by atoms with E-state index in [0.29, 0.717) is 0 Å². The summed E-state index contributed by atoms with van der Waals surface area (Å²) in [4.78, 5) is 5.55. The molecule has 0 aliphatic carbocycles. The molecule has 0 spiro atoms. The van der Waals surface area contributed by atoms with Crippen molar-refractivity contribution in [1.29, 1.82) is 0 Å². The van der Waals surface area contributed by atoms with Crippen LogP contribution in [0.4, 0.5) is 0 Å². The Kier molecular flexibility index (Phi) is 6.05. The summed E-state index contributed by atoms with van der Waals surface area (Å²) in [5.74, 6) is 1.52. The Bertz CT molecular complexity index is 312. The van der Waals surface area contributed by atoms with Gasteiger partial charge in [-0.15, -0.1) is 11.3 Å². The molecule has 1 unspecified atom stereocenters. The van der Waals surface area contributed by atoms with Crippen molar-refractivity contribution in [1.82, 2.24) is 10.3 Å². The highest BCUT2D eigenvalue weighted by Crippen LogP contribution is 2.11. The number of nitrogens with one attached hydrogen (secondary N) is 1. The van der Waals surface area contributed by atoms with Gasteiger partial charge in [-0.3, -0.25) is 4.21 Å². The summed E-state index contributed by atoms with van der Waals surface area (Å²) in [7, 11) is -0.644. The molecule has 0 amide bonds. The van der Waals surface area contributed by atoms with Gasteiger partial charge >= 0.3 is 0 Å². The lowest BCUT2D eigenvalue weighted by Gasteiger charge is -2.03. The minimum absolute atomic E-state index is 0.644. The number of nitrogens with zero attached hydrogens (tertiary/aromatic N) is 1. The summed E-state index contributed by atoms with van der Waals surface area (Å²) < 4.78 is 11.1. The number of rotatable bonds is 7. The molecule has 0 aliphatic rings. The molecule has 0 bridgehead atoms. The second kappa shape index (κ2) is 7.09. The standard InChI is InChI=1S/C10H18N2OS2/c1-3-15(13)7-6-11-5-4-10-9(2)12-8-14-10/h8,11H,3-7H2,1-2H3. The van der Waals surface area contributed by atoms with Crippen molar-refractivity contribution < 1.29 is 4.21 Å². The van der Waals surface area contributed by atoms with Crippen LogP contribution in [0.15, 0.2) is 5.51 Å². The fourth-order valence-electron chi connectivity index (χ4n) is 1.22. The quantitative estimate of drug-likeness (QED) is 0.739. The van der Waals surface area contributed by atoms with Gasteiger partial charge in [-0.05, 0) is 13.3 Å². The molecule has 0 radical (unpaired) electrons. The number of thiazole rings is 1. The van der Waals surface area contributed by atoms with E-state index in [0.717, 1.165) is 36.7 Å². The van der Waals surface area contributed by atoms with Crippen molar-refractivity contribution in [2.45, 2.75) is 20.3 Å². The first kappa shape index (κ1) is 12.8. The van der Waals surface area contributed by atoms with Crippen LogP contribution in [0.25, 0.3) is 0 Å². The van der Waals surface area contributed by atoms with Crippen LogP contribution in [0.1, 0.15) is 17.5 Å². The predicted octanol–water partition coefficient (Wildman–Crippen LogP) is 1.35. The Labute approximate surface area is 97.8 Å². The van der Waals surface area contributed by atoms with Crippen molar-refractivity contribution in [3.63, 3.8) is 0 Å². The minimum Gasteiger partial charge on any atom is -0.315 e. The molecule has 0 aliphatic heterocycles. The van der Waals surface area contributed by atoms with Crippen LogP contribution in [0, 0.1) is 6.92 Å². The number of hydrogen-bond donors (Lipinski definition) is 1. The Hall–Kier alpha value is -0.260. The number of aryl methyl sites for hydroxylation is 1. The van der Waals surface area contributed by atoms with Crippen LogP contribution in [-0.2, 0) is 17.2 Å². The van der Waals surface area contributed by atoms with Gasteiger partial charge in [-0.2, -0.15) is 0 Å². The van der Waals surface area contributed by atoms with E-state index in [1.54, 1.807) is 11.3 Å². The third-order valence-electron chi connectivity index (χ3n) is 2.20. The molecule has 0 fully saturated rings. The lowest BCUT2D eigenvalue weighted by atomic mass is 10.3. The van der Waals surface area contributed by atoms with Crippen molar-refractivity contribution in [2.75, 3.05) is 24.6 Å². The van der Waals surface area contributed by atoms with Crippen LogP contribution in [0.5, 0.6) is 0 Å². The van der Waals surface area contributed by atoms with Crippen LogP contribution in [-0.4, -0.2) is 33.8 Å². The number of aromatic nitrogens is 1. The van der Waals surface area contributed by atoms with Crippen LogP contribution in [0.2, 0.25) is 0 Å². The van der Waals surface area contributed by atoms with Gasteiger partial charge in [0, 0.05) is 40.3 Å². The Morgan fingerprint density at radius 3 is 2.93 bits per heavy atom. The molecule has 5 heteroatoms. The highest BCUT2D eigenvalue weighted by atomic mass is 32.2. The van der Waals surface area contributed by atoms with E-state index in [1.807, 2.05) is 19.4 Å². The molecule has 1 rings (SSSR count). The summed E-state index contributed by atoms with van der Waals surface area (Å²) >= 11 is 1.71. The van der Waals surface area contributed by atoms with E-state index < -0.39 is 10.8 Å². The highest BCUT2D eigenvalue weighted by Gasteiger charge is 2.00. The van der Waals surface area contributed by atoms with Gasteiger partial charge in [0.05, 0.1) is 11.2 Å². The lowest BCUT2D eigenvalue weighted by molar-refractivity contribution is 0.673. The highest BCUT2D eigenvalue weighted by molar-refractivity contribution is 7.84. The maximum Gasteiger partial charge on any atom is 0.0797 e. The van der Waals surface area contributed by atoms with Crippen molar-refractivity contribution in [2.24, 2.45) is 0 Å². The predicted molar refractivity (Wildman–Crippen MR) is 67.0 cm³/mol. The van der Waals surface area contributed by atoms with Crippen molar-refractivity contribution >= 4 is 22.1 Å². The molecule has 1 heterocycles. The molecule has 15 heavy (non-hydrogen) atoms. The molecular weight excluding hydrogens is 228 g/mol. The molecule has 0 saturated heterocycles. The normalized spacial score (nSPS) is 12.9. The van der Waals surface area contributed by atoms with E-state index >= 15 is 0 Å². The van der Waals surface area contributed by atoms with E-state index in [9.17, 15) is 4.21 Å². The van der Waals surface area contributed by atoms with Crippen molar-refractivity contribution in [3.8, 4) is 0 Å². The summed E-state index contributed by atoms with van der Waals surface area (Å²) in [5.41, 5.74) is 3.02. The summed E-state index contributed by atoms with van der Waals surface area (Å²) in [6, 6.07) is 0. The number of hydrogen-bond acceptors (Lipinski definition) is 4. The lowest BCUT2D eigenvalue weighted by Crippen LogP contribution is -2.23. The summed E-state index contributed by atoms with van der Waals surface area (Å²) in [6.45, 7) is 5.79. The van der Waals surface area contributed by atoms with Crippen LogP contribution >= 0.6 is 11.3 Å². The zero-order valence-corrected chi connectivity index (χ0v) is 10.9. The van der Waals surface area contributed by atoms with Gasteiger partial charge in [-0.25, -0.2) is 4.98 Å². The first-order chi connectivity index (χ1) is 7.24. The summed E-state index contributed by atoms with van der Waals surface area (Å²) in [5, 5.41) is 3.30. The molecule has 0 aromatic carbocycles.